The molecule has 0 saturated carbocycles. The zero-order valence-corrected chi connectivity index (χ0v) is 10.2. The van der Waals surface area contributed by atoms with E-state index in [1.165, 1.54) is 0 Å². The third-order valence-corrected chi connectivity index (χ3v) is 2.67. The number of nitrogens with one attached hydrogen (secondary N) is 1. The maximum Gasteiger partial charge on any atom is 0.0641 e. The number of benzene rings is 1. The Morgan fingerprint density at radius 3 is 2.43 bits per heavy atom. The van der Waals surface area contributed by atoms with Crippen LogP contribution in [0.15, 0.2) is 12.1 Å². The third-order valence-electron chi connectivity index (χ3n) is 1.95. The summed E-state index contributed by atoms with van der Waals surface area (Å²) in [5, 5.41) is 4.74. The molecule has 1 N–H and O–H groups in total. The fourth-order valence-corrected chi connectivity index (χ4v) is 1.54. The number of hydrogen-bond acceptors (Lipinski definition) is 1. The molecule has 0 spiro atoms. The van der Waals surface area contributed by atoms with Crippen molar-refractivity contribution in [3.05, 3.63) is 27.7 Å². The van der Waals surface area contributed by atoms with Crippen LogP contribution in [0.25, 0.3) is 0 Å². The van der Waals surface area contributed by atoms with Gasteiger partial charge in [0, 0.05) is 11.6 Å². The van der Waals surface area contributed by atoms with Gasteiger partial charge in [-0.05, 0) is 30.5 Å². The topological polar surface area (TPSA) is 12.0 Å². The molecule has 1 rings (SSSR count). The van der Waals surface area contributed by atoms with Gasteiger partial charge in [-0.1, -0.05) is 37.0 Å². The highest BCUT2D eigenvalue weighted by molar-refractivity contribution is 6.35. The van der Waals surface area contributed by atoms with Gasteiger partial charge in [-0.2, -0.15) is 0 Å². The summed E-state index contributed by atoms with van der Waals surface area (Å²) in [5.41, 5.74) is 1.92. The van der Waals surface area contributed by atoms with Crippen molar-refractivity contribution >= 4 is 28.9 Å². The molecule has 0 aliphatic carbocycles. The van der Waals surface area contributed by atoms with E-state index in [0.29, 0.717) is 5.92 Å². The molecule has 0 atom stereocenters. The zero-order chi connectivity index (χ0) is 10.7. The number of hydrogen-bond donors (Lipinski definition) is 1. The SMILES string of the molecule is Cc1cc(Cl)c(NCC(C)C)cc1Cl. The molecule has 1 aromatic carbocycles. The lowest BCUT2D eigenvalue weighted by Gasteiger charge is -2.11. The largest absolute Gasteiger partial charge is 0.384 e. The Bertz CT molecular complexity index is 321. The maximum atomic E-state index is 6.06. The second-order valence-electron chi connectivity index (χ2n) is 3.86. The van der Waals surface area contributed by atoms with Crippen molar-refractivity contribution in [1.29, 1.82) is 0 Å². The van der Waals surface area contributed by atoms with Gasteiger partial charge in [0.1, 0.15) is 0 Å². The van der Waals surface area contributed by atoms with Gasteiger partial charge in [0.25, 0.3) is 0 Å². The molecule has 1 nitrogen and oxygen atoms in total. The van der Waals surface area contributed by atoms with E-state index in [-0.39, 0.29) is 0 Å². The van der Waals surface area contributed by atoms with Crippen molar-refractivity contribution in [2.24, 2.45) is 5.92 Å². The Balaban J connectivity index is 2.82. The number of anilines is 1. The first kappa shape index (κ1) is 11.7. The average Bonchev–Trinajstić information content (AvgIpc) is 2.09. The van der Waals surface area contributed by atoms with Crippen molar-refractivity contribution in [3.63, 3.8) is 0 Å². The molecule has 0 heterocycles. The second kappa shape index (κ2) is 4.90. The summed E-state index contributed by atoms with van der Waals surface area (Å²) in [6.45, 7) is 7.15. The summed E-state index contributed by atoms with van der Waals surface area (Å²) in [7, 11) is 0. The standard InChI is InChI=1S/C11H15Cl2N/c1-7(2)6-14-11-5-9(12)8(3)4-10(11)13/h4-5,7,14H,6H2,1-3H3. The van der Waals surface area contributed by atoms with Crippen LogP contribution in [-0.4, -0.2) is 6.54 Å². The second-order valence-corrected chi connectivity index (χ2v) is 4.67. The van der Waals surface area contributed by atoms with E-state index >= 15 is 0 Å². The van der Waals surface area contributed by atoms with Gasteiger partial charge in [-0.25, -0.2) is 0 Å². The monoisotopic (exact) mass is 231 g/mol. The molecule has 0 amide bonds. The Kier molecular flexibility index (Phi) is 4.09. The molecular weight excluding hydrogens is 217 g/mol. The van der Waals surface area contributed by atoms with Crippen molar-refractivity contribution < 1.29 is 0 Å². The normalized spacial score (nSPS) is 10.7. The van der Waals surface area contributed by atoms with Crippen LogP contribution in [-0.2, 0) is 0 Å². The van der Waals surface area contributed by atoms with Crippen LogP contribution in [0.5, 0.6) is 0 Å². The molecule has 78 valence electrons. The summed E-state index contributed by atoms with van der Waals surface area (Å²) >= 11 is 12.1. The van der Waals surface area contributed by atoms with Gasteiger partial charge in [0.2, 0.25) is 0 Å². The summed E-state index contributed by atoms with van der Waals surface area (Å²) in [5.74, 6) is 0.589. The first-order valence-electron chi connectivity index (χ1n) is 4.70. The van der Waals surface area contributed by atoms with E-state index in [1.807, 2.05) is 19.1 Å². The fraction of sp³-hybridized carbons (Fsp3) is 0.455. The smallest absolute Gasteiger partial charge is 0.0641 e. The first-order valence-corrected chi connectivity index (χ1v) is 5.46. The van der Waals surface area contributed by atoms with Gasteiger partial charge in [0.15, 0.2) is 0 Å². The molecule has 14 heavy (non-hydrogen) atoms. The van der Waals surface area contributed by atoms with Gasteiger partial charge >= 0.3 is 0 Å². The van der Waals surface area contributed by atoms with Crippen LogP contribution in [0.3, 0.4) is 0 Å². The average molecular weight is 232 g/mol. The predicted molar refractivity (Wildman–Crippen MR) is 64.5 cm³/mol. The highest BCUT2D eigenvalue weighted by Crippen LogP contribution is 2.28. The van der Waals surface area contributed by atoms with Crippen LogP contribution in [0, 0.1) is 12.8 Å². The minimum atomic E-state index is 0.589. The van der Waals surface area contributed by atoms with Crippen molar-refractivity contribution in [2.75, 3.05) is 11.9 Å². The van der Waals surface area contributed by atoms with Crippen molar-refractivity contribution in [3.8, 4) is 0 Å². The van der Waals surface area contributed by atoms with Crippen LogP contribution in [0.1, 0.15) is 19.4 Å². The van der Waals surface area contributed by atoms with Crippen LogP contribution in [0.2, 0.25) is 10.0 Å². The van der Waals surface area contributed by atoms with Gasteiger partial charge in [0.05, 0.1) is 10.7 Å². The number of aryl methyl sites for hydroxylation is 1. The lowest BCUT2D eigenvalue weighted by Crippen LogP contribution is -2.08. The van der Waals surface area contributed by atoms with Crippen molar-refractivity contribution in [2.45, 2.75) is 20.8 Å². The van der Waals surface area contributed by atoms with E-state index in [0.717, 1.165) is 27.8 Å². The lowest BCUT2D eigenvalue weighted by molar-refractivity contribution is 0.689. The van der Waals surface area contributed by atoms with Crippen molar-refractivity contribution in [1.82, 2.24) is 0 Å². The van der Waals surface area contributed by atoms with Gasteiger partial charge in [-0.15, -0.1) is 0 Å². The Labute approximate surface area is 95.4 Å². The molecule has 0 radical (unpaired) electrons. The molecule has 3 heteroatoms. The van der Waals surface area contributed by atoms with Gasteiger partial charge < -0.3 is 5.32 Å². The Morgan fingerprint density at radius 1 is 1.21 bits per heavy atom. The number of halogens is 2. The van der Waals surface area contributed by atoms with E-state index in [2.05, 4.69) is 19.2 Å². The molecule has 0 fully saturated rings. The van der Waals surface area contributed by atoms with E-state index in [4.69, 9.17) is 23.2 Å². The third kappa shape index (κ3) is 3.07. The highest BCUT2D eigenvalue weighted by atomic mass is 35.5. The molecule has 1 aromatic rings. The molecule has 0 aliphatic heterocycles. The number of rotatable bonds is 3. The molecular formula is C11H15Cl2N. The Hall–Kier alpha value is -0.400. The minimum absolute atomic E-state index is 0.589. The summed E-state index contributed by atoms with van der Waals surface area (Å²) in [6, 6.07) is 3.76. The fourth-order valence-electron chi connectivity index (χ4n) is 1.10. The minimum Gasteiger partial charge on any atom is -0.384 e. The molecule has 0 aliphatic rings. The first-order chi connectivity index (χ1) is 6.50. The van der Waals surface area contributed by atoms with Crippen LogP contribution in [0.4, 0.5) is 5.69 Å². The highest BCUT2D eigenvalue weighted by Gasteiger charge is 2.04. The molecule has 0 unspecified atom stereocenters. The van der Waals surface area contributed by atoms with E-state index in [9.17, 15) is 0 Å². The summed E-state index contributed by atoms with van der Waals surface area (Å²) in [6.07, 6.45) is 0. The van der Waals surface area contributed by atoms with Gasteiger partial charge in [-0.3, -0.25) is 0 Å². The predicted octanol–water partition coefficient (Wildman–Crippen LogP) is 4.37. The molecule has 0 bridgehead atoms. The lowest BCUT2D eigenvalue weighted by atomic mass is 10.2. The van der Waals surface area contributed by atoms with E-state index < -0.39 is 0 Å². The van der Waals surface area contributed by atoms with Crippen LogP contribution >= 0.6 is 23.2 Å². The maximum absolute atomic E-state index is 6.06. The summed E-state index contributed by atoms with van der Waals surface area (Å²) < 4.78 is 0. The van der Waals surface area contributed by atoms with Crippen LogP contribution < -0.4 is 5.32 Å². The molecule has 0 saturated heterocycles. The molecule has 0 aromatic heterocycles. The Morgan fingerprint density at radius 2 is 1.86 bits per heavy atom. The van der Waals surface area contributed by atoms with E-state index in [1.54, 1.807) is 0 Å². The summed E-state index contributed by atoms with van der Waals surface area (Å²) in [4.78, 5) is 0. The quantitative estimate of drug-likeness (QED) is 0.815. The zero-order valence-electron chi connectivity index (χ0n) is 8.70.